The van der Waals surface area contributed by atoms with Gasteiger partial charge in [-0.25, -0.2) is 4.79 Å². The summed E-state index contributed by atoms with van der Waals surface area (Å²) in [6.45, 7) is 0. The van der Waals surface area contributed by atoms with Crippen LogP contribution in [-0.4, -0.2) is 27.1 Å². The van der Waals surface area contributed by atoms with Crippen LogP contribution in [0.1, 0.15) is 20.8 Å². The van der Waals surface area contributed by atoms with Gasteiger partial charge in [0.2, 0.25) is 0 Å². The van der Waals surface area contributed by atoms with Crippen molar-refractivity contribution in [3.8, 4) is 5.75 Å². The molecule has 0 aliphatic heterocycles. The van der Waals surface area contributed by atoms with Gasteiger partial charge in [0.25, 0.3) is 5.91 Å². The van der Waals surface area contributed by atoms with E-state index in [-0.39, 0.29) is 22.7 Å². The maximum Gasteiger partial charge on any atom is 0.335 e. The zero-order valence-corrected chi connectivity index (χ0v) is 10.2. The number of carbonyl (C=O) groups excluding carboxylic acids is 1. The molecule has 0 saturated heterocycles. The van der Waals surface area contributed by atoms with Crippen LogP contribution in [0.3, 0.4) is 0 Å². The van der Waals surface area contributed by atoms with E-state index in [9.17, 15) is 14.7 Å². The molecule has 0 saturated carbocycles. The van der Waals surface area contributed by atoms with Gasteiger partial charge in [-0.2, -0.15) is 0 Å². The summed E-state index contributed by atoms with van der Waals surface area (Å²) in [6.07, 6.45) is 1.45. The van der Waals surface area contributed by atoms with Crippen molar-refractivity contribution >= 4 is 29.2 Å². The number of phenolic OH excluding ortho intramolecular Hbond substituents is 1. The number of amides is 1. The number of hydrogen-bond acceptors (Lipinski definition) is 3. The van der Waals surface area contributed by atoms with Crippen LogP contribution in [0, 0.1) is 0 Å². The van der Waals surface area contributed by atoms with Crippen molar-refractivity contribution in [2.45, 2.75) is 0 Å². The lowest BCUT2D eigenvalue weighted by Gasteiger charge is -2.06. The third-order valence-electron chi connectivity index (χ3n) is 2.39. The number of aromatic carboxylic acids is 1. The Labute approximate surface area is 112 Å². The van der Waals surface area contributed by atoms with E-state index >= 15 is 0 Å². The molecular formula is C12H9ClN2O4. The molecule has 0 aliphatic rings. The maximum atomic E-state index is 11.8. The molecule has 0 fully saturated rings. The van der Waals surface area contributed by atoms with Crippen LogP contribution in [0.5, 0.6) is 5.75 Å². The Morgan fingerprint density at radius 3 is 2.53 bits per heavy atom. The Kier molecular flexibility index (Phi) is 3.43. The predicted molar refractivity (Wildman–Crippen MR) is 68.8 cm³/mol. The summed E-state index contributed by atoms with van der Waals surface area (Å²) in [5.74, 6) is -1.99. The summed E-state index contributed by atoms with van der Waals surface area (Å²) in [4.78, 5) is 25.1. The zero-order chi connectivity index (χ0) is 14.0. The number of carbonyl (C=O) groups is 2. The summed E-state index contributed by atoms with van der Waals surface area (Å²) >= 11 is 5.67. The Morgan fingerprint density at radius 2 is 2.00 bits per heavy atom. The molecule has 6 nitrogen and oxygen atoms in total. The molecule has 1 aromatic heterocycles. The van der Waals surface area contributed by atoms with Gasteiger partial charge in [-0.15, -0.1) is 0 Å². The van der Waals surface area contributed by atoms with E-state index in [0.717, 1.165) is 6.07 Å². The highest BCUT2D eigenvalue weighted by Crippen LogP contribution is 2.25. The van der Waals surface area contributed by atoms with Crippen molar-refractivity contribution in [1.82, 2.24) is 4.98 Å². The molecule has 1 heterocycles. The number of halogens is 1. The molecule has 1 aromatic carbocycles. The number of hydrogen-bond donors (Lipinski definition) is 4. The number of carboxylic acids is 1. The van der Waals surface area contributed by atoms with Crippen molar-refractivity contribution in [1.29, 1.82) is 0 Å². The van der Waals surface area contributed by atoms with Crippen LogP contribution in [-0.2, 0) is 0 Å². The Bertz CT molecular complexity index is 651. The standard InChI is InChI=1S/C12H9ClN2O4/c13-7-4-9(14-5-7)11(17)15-8-2-1-6(12(18)19)3-10(8)16/h1-5,14,16H,(H,15,17)(H,18,19). The molecule has 0 bridgehead atoms. The van der Waals surface area contributed by atoms with E-state index in [1.807, 2.05) is 0 Å². The highest BCUT2D eigenvalue weighted by Gasteiger charge is 2.12. The van der Waals surface area contributed by atoms with Crippen LogP contribution < -0.4 is 5.32 Å². The quantitative estimate of drug-likeness (QED) is 0.648. The highest BCUT2D eigenvalue weighted by atomic mass is 35.5. The normalized spacial score (nSPS) is 10.2. The number of aromatic hydroxyl groups is 1. The molecule has 1 amide bonds. The lowest BCUT2D eigenvalue weighted by atomic mass is 10.2. The highest BCUT2D eigenvalue weighted by molar-refractivity contribution is 6.31. The fourth-order valence-corrected chi connectivity index (χ4v) is 1.62. The number of aromatic nitrogens is 1. The molecule has 0 radical (unpaired) electrons. The zero-order valence-electron chi connectivity index (χ0n) is 9.48. The molecule has 7 heteroatoms. The molecule has 2 aromatic rings. The van der Waals surface area contributed by atoms with Crippen molar-refractivity contribution < 1.29 is 19.8 Å². The van der Waals surface area contributed by atoms with Crippen LogP contribution >= 0.6 is 11.6 Å². The summed E-state index contributed by atoms with van der Waals surface area (Å²) in [6, 6.07) is 5.07. The molecule has 0 unspecified atom stereocenters. The summed E-state index contributed by atoms with van der Waals surface area (Å²) in [5, 5.41) is 21.2. The summed E-state index contributed by atoms with van der Waals surface area (Å²) in [5.41, 5.74) is 0.269. The topological polar surface area (TPSA) is 102 Å². The molecule has 0 spiro atoms. The first kappa shape index (κ1) is 13.0. The fourth-order valence-electron chi connectivity index (χ4n) is 1.46. The van der Waals surface area contributed by atoms with Gasteiger partial charge < -0.3 is 20.5 Å². The molecule has 2 rings (SSSR count). The molecule has 19 heavy (non-hydrogen) atoms. The molecule has 98 valence electrons. The number of anilines is 1. The number of H-pyrrole nitrogens is 1. The monoisotopic (exact) mass is 280 g/mol. The second kappa shape index (κ2) is 5.03. The van der Waals surface area contributed by atoms with Gasteiger partial charge in [0, 0.05) is 6.20 Å². The first-order valence-electron chi connectivity index (χ1n) is 5.19. The fraction of sp³-hybridized carbons (Fsp3) is 0. The van der Waals surface area contributed by atoms with E-state index in [1.165, 1.54) is 24.4 Å². The average Bonchev–Trinajstić information content (AvgIpc) is 2.78. The predicted octanol–water partition coefficient (Wildman–Crippen LogP) is 2.32. The van der Waals surface area contributed by atoms with E-state index < -0.39 is 11.9 Å². The number of benzene rings is 1. The van der Waals surface area contributed by atoms with E-state index in [4.69, 9.17) is 16.7 Å². The summed E-state index contributed by atoms with van der Waals surface area (Å²) in [7, 11) is 0. The Morgan fingerprint density at radius 1 is 1.26 bits per heavy atom. The number of nitrogens with one attached hydrogen (secondary N) is 2. The minimum atomic E-state index is -1.16. The minimum Gasteiger partial charge on any atom is -0.506 e. The van der Waals surface area contributed by atoms with Crippen molar-refractivity contribution in [2.75, 3.05) is 5.32 Å². The largest absolute Gasteiger partial charge is 0.506 e. The average molecular weight is 281 g/mol. The van der Waals surface area contributed by atoms with E-state index in [1.54, 1.807) is 0 Å². The van der Waals surface area contributed by atoms with Gasteiger partial charge in [-0.05, 0) is 24.3 Å². The number of rotatable bonds is 3. The third-order valence-corrected chi connectivity index (χ3v) is 2.60. The van der Waals surface area contributed by atoms with E-state index in [2.05, 4.69) is 10.3 Å². The van der Waals surface area contributed by atoms with Gasteiger partial charge in [0.15, 0.2) is 0 Å². The second-order valence-corrected chi connectivity index (χ2v) is 4.16. The molecule has 4 N–H and O–H groups in total. The number of aromatic amines is 1. The van der Waals surface area contributed by atoms with Crippen LogP contribution in [0.2, 0.25) is 5.02 Å². The SMILES string of the molecule is O=C(O)c1ccc(NC(=O)c2cc(Cl)c[nH]2)c(O)c1. The molecule has 0 aliphatic carbocycles. The van der Waals surface area contributed by atoms with Crippen LogP contribution in [0.25, 0.3) is 0 Å². The van der Waals surface area contributed by atoms with Crippen molar-refractivity contribution in [3.05, 3.63) is 46.7 Å². The third kappa shape index (κ3) is 2.86. The van der Waals surface area contributed by atoms with Crippen molar-refractivity contribution in [3.63, 3.8) is 0 Å². The Balaban J connectivity index is 2.20. The smallest absolute Gasteiger partial charge is 0.335 e. The van der Waals surface area contributed by atoms with Gasteiger partial charge in [0.1, 0.15) is 11.4 Å². The van der Waals surface area contributed by atoms with Gasteiger partial charge in [-0.3, -0.25) is 4.79 Å². The van der Waals surface area contributed by atoms with Gasteiger partial charge in [0.05, 0.1) is 16.3 Å². The summed E-state index contributed by atoms with van der Waals surface area (Å²) < 4.78 is 0. The lowest BCUT2D eigenvalue weighted by Crippen LogP contribution is -2.12. The van der Waals surface area contributed by atoms with Gasteiger partial charge in [-0.1, -0.05) is 11.6 Å². The maximum absolute atomic E-state index is 11.8. The minimum absolute atomic E-state index is 0.0709. The van der Waals surface area contributed by atoms with Crippen LogP contribution in [0.15, 0.2) is 30.5 Å². The lowest BCUT2D eigenvalue weighted by molar-refractivity contribution is 0.0696. The Hall–Kier alpha value is -2.47. The van der Waals surface area contributed by atoms with E-state index in [0.29, 0.717) is 5.02 Å². The van der Waals surface area contributed by atoms with Gasteiger partial charge >= 0.3 is 5.97 Å². The number of carboxylic acid groups (broad SMARTS) is 1. The first-order chi connectivity index (χ1) is 8.97. The second-order valence-electron chi connectivity index (χ2n) is 3.72. The van der Waals surface area contributed by atoms with Crippen LogP contribution in [0.4, 0.5) is 5.69 Å². The first-order valence-corrected chi connectivity index (χ1v) is 5.57. The number of phenols is 1. The van der Waals surface area contributed by atoms with Crippen molar-refractivity contribution in [2.24, 2.45) is 0 Å². The molecule has 0 atom stereocenters. The molecular weight excluding hydrogens is 272 g/mol.